The van der Waals surface area contributed by atoms with Crippen molar-refractivity contribution >= 4 is 0 Å². The minimum absolute atomic E-state index is 0.741. The summed E-state index contributed by atoms with van der Waals surface area (Å²) in [5, 5.41) is 100. The smallest absolute Gasteiger partial charge is 0.187 e. The van der Waals surface area contributed by atoms with Gasteiger partial charge in [0.25, 0.3) is 0 Å². The second kappa shape index (κ2) is 11.0. The van der Waals surface area contributed by atoms with E-state index in [0.29, 0.717) is 0 Å². The Labute approximate surface area is 187 Å². The van der Waals surface area contributed by atoms with Crippen LogP contribution in [0.3, 0.4) is 0 Å². The van der Waals surface area contributed by atoms with Gasteiger partial charge in [-0.3, -0.25) is 0 Å². The molecule has 0 spiro atoms. The molecule has 0 aromatic heterocycles. The molecule has 3 fully saturated rings. The molecular formula is C18H32O15. The number of aliphatic hydroxyl groups excluding tert-OH is 10. The molecule has 194 valence electrons. The summed E-state index contributed by atoms with van der Waals surface area (Å²) in [6.45, 7) is -0.117. The van der Waals surface area contributed by atoms with Crippen LogP contribution in [0, 0.1) is 0 Å². The fraction of sp³-hybridized carbons (Fsp3) is 1.00. The van der Waals surface area contributed by atoms with Crippen LogP contribution in [0.1, 0.15) is 6.92 Å². The predicted molar refractivity (Wildman–Crippen MR) is 99.8 cm³/mol. The molecule has 0 saturated carbocycles. The summed E-state index contributed by atoms with van der Waals surface area (Å²) in [7, 11) is 0. The first kappa shape index (κ1) is 27.0. The number of ether oxygens (including phenoxy) is 5. The molecule has 33 heavy (non-hydrogen) atoms. The van der Waals surface area contributed by atoms with Crippen LogP contribution in [0.4, 0.5) is 0 Å². The van der Waals surface area contributed by atoms with E-state index in [0.717, 1.165) is 0 Å². The Balaban J connectivity index is 1.77. The van der Waals surface area contributed by atoms with Crippen LogP contribution in [0.15, 0.2) is 0 Å². The third kappa shape index (κ3) is 5.32. The Hall–Kier alpha value is -0.600. The number of aliphatic hydroxyl groups is 10. The molecule has 0 aromatic rings. The Morgan fingerprint density at radius 3 is 1.58 bits per heavy atom. The maximum Gasteiger partial charge on any atom is 0.187 e. The van der Waals surface area contributed by atoms with Crippen LogP contribution < -0.4 is 0 Å². The number of hydrogen-bond donors (Lipinski definition) is 10. The molecule has 0 radical (unpaired) electrons. The van der Waals surface area contributed by atoms with Crippen molar-refractivity contribution < 1.29 is 74.7 Å². The van der Waals surface area contributed by atoms with E-state index in [2.05, 4.69) is 0 Å². The highest BCUT2D eigenvalue weighted by molar-refractivity contribution is 4.95. The molecule has 3 saturated heterocycles. The average Bonchev–Trinajstić information content (AvgIpc) is 2.79. The first-order valence-electron chi connectivity index (χ1n) is 10.4. The van der Waals surface area contributed by atoms with Crippen molar-refractivity contribution in [1.82, 2.24) is 0 Å². The summed E-state index contributed by atoms with van der Waals surface area (Å²) >= 11 is 0. The zero-order valence-electron chi connectivity index (χ0n) is 17.6. The fourth-order valence-corrected chi connectivity index (χ4v) is 3.99. The fourth-order valence-electron chi connectivity index (χ4n) is 3.99. The van der Waals surface area contributed by atoms with Crippen molar-refractivity contribution in [1.29, 1.82) is 0 Å². The Morgan fingerprint density at radius 2 is 1.03 bits per heavy atom. The van der Waals surface area contributed by atoms with Gasteiger partial charge in [-0.25, -0.2) is 0 Å². The Bertz CT molecular complexity index is 610. The highest BCUT2D eigenvalue weighted by Gasteiger charge is 2.53. The summed E-state index contributed by atoms with van der Waals surface area (Å²) in [6, 6.07) is 0. The second-order valence-electron chi connectivity index (χ2n) is 8.32. The number of rotatable bonds is 6. The van der Waals surface area contributed by atoms with Crippen molar-refractivity contribution in [3.05, 3.63) is 0 Å². The third-order valence-corrected chi connectivity index (χ3v) is 6.05. The van der Waals surface area contributed by atoms with Crippen molar-refractivity contribution in [2.24, 2.45) is 0 Å². The quantitative estimate of drug-likeness (QED) is 0.167. The Morgan fingerprint density at radius 1 is 0.545 bits per heavy atom. The van der Waals surface area contributed by atoms with Gasteiger partial charge in [0.15, 0.2) is 18.9 Å². The van der Waals surface area contributed by atoms with Gasteiger partial charge in [-0.15, -0.1) is 0 Å². The second-order valence-corrected chi connectivity index (χ2v) is 8.32. The van der Waals surface area contributed by atoms with Gasteiger partial charge in [0, 0.05) is 0 Å². The lowest BCUT2D eigenvalue weighted by molar-refractivity contribution is -0.378. The lowest BCUT2D eigenvalue weighted by atomic mass is 9.96. The Kier molecular flexibility index (Phi) is 8.99. The maximum atomic E-state index is 10.7. The van der Waals surface area contributed by atoms with Crippen LogP contribution in [0.5, 0.6) is 0 Å². The lowest BCUT2D eigenvalue weighted by Gasteiger charge is -2.47. The molecule has 3 aliphatic rings. The molecule has 0 bridgehead atoms. The summed E-state index contributed by atoms with van der Waals surface area (Å²) in [4.78, 5) is 0. The van der Waals surface area contributed by atoms with E-state index in [1.807, 2.05) is 0 Å². The van der Waals surface area contributed by atoms with Gasteiger partial charge >= 0.3 is 0 Å². The van der Waals surface area contributed by atoms with E-state index in [9.17, 15) is 51.1 Å². The molecule has 3 heterocycles. The molecule has 1 unspecified atom stereocenters. The van der Waals surface area contributed by atoms with Crippen molar-refractivity contribution in [2.75, 3.05) is 13.2 Å². The van der Waals surface area contributed by atoms with E-state index in [-0.39, 0.29) is 0 Å². The molecule has 15 heteroatoms. The van der Waals surface area contributed by atoms with Crippen LogP contribution in [-0.2, 0) is 23.7 Å². The summed E-state index contributed by atoms with van der Waals surface area (Å²) in [5.74, 6) is 0. The lowest BCUT2D eigenvalue weighted by Crippen LogP contribution is -2.66. The molecule has 0 aliphatic carbocycles. The minimum Gasteiger partial charge on any atom is -0.394 e. The molecule has 0 amide bonds. The highest BCUT2D eigenvalue weighted by Crippen LogP contribution is 2.32. The molecular weight excluding hydrogens is 456 g/mol. The molecule has 0 aromatic carbocycles. The van der Waals surface area contributed by atoms with Crippen LogP contribution in [0.2, 0.25) is 0 Å². The standard InChI is InChI=1S/C18H32O15/c1-4-7(21)14(12(26)16(28)29-4)32-18-13(27)15(9(23)6(3-20)31-18)33-17-11(25)10(24)8(22)5(2-19)30-17/h4-28H,2-3H2,1H3/t4-,5+,6+,7-,8-,9+,10-,11+,12+,13+,14+,15-,16?,17+,18+/m0/s1. The van der Waals surface area contributed by atoms with Crippen molar-refractivity contribution in [2.45, 2.75) is 99.0 Å². The molecule has 3 rings (SSSR count). The molecule has 10 N–H and O–H groups in total. The zero-order valence-corrected chi connectivity index (χ0v) is 17.6. The monoisotopic (exact) mass is 488 g/mol. The normalized spacial score (nSPS) is 53.7. The van der Waals surface area contributed by atoms with Gasteiger partial charge in [-0.05, 0) is 6.92 Å². The first-order chi connectivity index (χ1) is 15.5. The van der Waals surface area contributed by atoms with Crippen LogP contribution >= 0.6 is 0 Å². The predicted octanol–water partition coefficient (Wildman–Crippen LogP) is -6.55. The topological polar surface area (TPSA) is 248 Å². The molecule has 15 nitrogen and oxygen atoms in total. The number of hydrogen-bond acceptors (Lipinski definition) is 15. The van der Waals surface area contributed by atoms with Crippen LogP contribution in [0.25, 0.3) is 0 Å². The molecule has 3 aliphatic heterocycles. The van der Waals surface area contributed by atoms with Gasteiger partial charge in [0.2, 0.25) is 0 Å². The van der Waals surface area contributed by atoms with Gasteiger partial charge in [0.05, 0.1) is 19.3 Å². The average molecular weight is 488 g/mol. The van der Waals surface area contributed by atoms with Crippen molar-refractivity contribution in [3.63, 3.8) is 0 Å². The van der Waals surface area contributed by atoms with Gasteiger partial charge < -0.3 is 74.7 Å². The largest absolute Gasteiger partial charge is 0.394 e. The maximum absolute atomic E-state index is 10.7. The van der Waals surface area contributed by atoms with E-state index < -0.39 is 105 Å². The summed E-state index contributed by atoms with van der Waals surface area (Å²) in [6.07, 6.45) is -24.1. The highest BCUT2D eigenvalue weighted by atomic mass is 16.7. The van der Waals surface area contributed by atoms with E-state index in [1.54, 1.807) is 0 Å². The summed E-state index contributed by atoms with van der Waals surface area (Å²) < 4.78 is 26.4. The van der Waals surface area contributed by atoms with Crippen LogP contribution in [-0.4, -0.2) is 156 Å². The van der Waals surface area contributed by atoms with Gasteiger partial charge in [-0.1, -0.05) is 0 Å². The first-order valence-corrected chi connectivity index (χ1v) is 10.4. The van der Waals surface area contributed by atoms with Crippen molar-refractivity contribution in [3.8, 4) is 0 Å². The summed E-state index contributed by atoms with van der Waals surface area (Å²) in [5.41, 5.74) is 0. The third-order valence-electron chi connectivity index (χ3n) is 6.05. The minimum atomic E-state index is -1.86. The molecule has 15 atom stereocenters. The van der Waals surface area contributed by atoms with E-state index in [4.69, 9.17) is 23.7 Å². The van der Waals surface area contributed by atoms with Gasteiger partial charge in [0.1, 0.15) is 67.1 Å². The van der Waals surface area contributed by atoms with Gasteiger partial charge in [-0.2, -0.15) is 0 Å². The zero-order chi connectivity index (χ0) is 24.6. The van der Waals surface area contributed by atoms with E-state index >= 15 is 0 Å². The SMILES string of the molecule is C[C@@H]1OC(O)[C@H](O)[C@H](O[C@H]2O[C@H](CO)[C@@H](O)[C@H](O[C@H]3O[C@H](CO)[C@H](O)[C@H](O)[C@H]3O)[C@H]2O)[C@H]1O. The van der Waals surface area contributed by atoms with E-state index in [1.165, 1.54) is 6.92 Å².